The monoisotopic (exact) mass is 285 g/mol. The van der Waals surface area contributed by atoms with Gasteiger partial charge in [0.1, 0.15) is 11.5 Å². The molecule has 1 saturated heterocycles. The fourth-order valence-corrected chi connectivity index (χ4v) is 3.17. The Morgan fingerprint density at radius 1 is 1.14 bits per heavy atom. The molecule has 1 aromatic heterocycles. The lowest BCUT2D eigenvalue weighted by atomic mass is 9.84. The summed E-state index contributed by atoms with van der Waals surface area (Å²) in [5, 5.41) is 10.8. The van der Waals surface area contributed by atoms with Gasteiger partial charge in [-0.25, -0.2) is 0 Å². The van der Waals surface area contributed by atoms with Crippen molar-refractivity contribution < 1.29 is 9.52 Å². The number of hydrogen-bond donors (Lipinski definition) is 1. The van der Waals surface area contributed by atoms with Crippen LogP contribution < -0.4 is 0 Å². The highest BCUT2D eigenvalue weighted by Crippen LogP contribution is 2.33. The van der Waals surface area contributed by atoms with E-state index in [1.807, 2.05) is 37.3 Å². The van der Waals surface area contributed by atoms with Crippen LogP contribution in [0.5, 0.6) is 0 Å². The average Bonchev–Trinajstić information content (AvgIpc) is 2.80. The van der Waals surface area contributed by atoms with Crippen LogP contribution in [-0.2, 0) is 12.1 Å². The molecule has 112 valence electrons. The molecule has 3 heteroatoms. The van der Waals surface area contributed by atoms with Gasteiger partial charge in [0.2, 0.25) is 0 Å². The average molecular weight is 285 g/mol. The molecule has 3 rings (SSSR count). The molecule has 0 amide bonds. The van der Waals surface area contributed by atoms with Gasteiger partial charge in [-0.05, 0) is 43.9 Å². The third kappa shape index (κ3) is 3.04. The first-order chi connectivity index (χ1) is 10.1. The van der Waals surface area contributed by atoms with Gasteiger partial charge in [-0.1, -0.05) is 30.3 Å². The molecule has 3 nitrogen and oxygen atoms in total. The Labute approximate surface area is 126 Å². The number of rotatable bonds is 3. The fraction of sp³-hybridized carbons (Fsp3) is 0.444. The molecule has 0 aliphatic carbocycles. The van der Waals surface area contributed by atoms with Crippen molar-refractivity contribution in [1.29, 1.82) is 0 Å². The molecule has 2 aromatic rings. The number of aliphatic hydroxyl groups is 1. The van der Waals surface area contributed by atoms with Crippen LogP contribution >= 0.6 is 0 Å². The molecule has 1 aromatic carbocycles. The first kappa shape index (κ1) is 14.4. The summed E-state index contributed by atoms with van der Waals surface area (Å²) in [7, 11) is 0. The summed E-state index contributed by atoms with van der Waals surface area (Å²) in [6, 6.07) is 12.1. The van der Waals surface area contributed by atoms with Crippen molar-refractivity contribution in [2.24, 2.45) is 0 Å². The van der Waals surface area contributed by atoms with Gasteiger partial charge >= 0.3 is 0 Å². The minimum atomic E-state index is -0.675. The van der Waals surface area contributed by atoms with Crippen molar-refractivity contribution in [3.05, 3.63) is 59.0 Å². The van der Waals surface area contributed by atoms with Crippen LogP contribution in [0.3, 0.4) is 0 Å². The number of aryl methyl sites for hydroxylation is 2. The molecule has 1 N–H and O–H groups in total. The lowest BCUT2D eigenvalue weighted by molar-refractivity contribution is -0.0290. The lowest BCUT2D eigenvalue weighted by Crippen LogP contribution is -2.42. The maximum Gasteiger partial charge on any atom is 0.121 e. The molecule has 0 bridgehead atoms. The van der Waals surface area contributed by atoms with E-state index in [9.17, 15) is 5.11 Å². The molecule has 21 heavy (non-hydrogen) atoms. The Bertz CT molecular complexity index is 595. The van der Waals surface area contributed by atoms with E-state index in [-0.39, 0.29) is 0 Å². The Kier molecular flexibility index (Phi) is 3.87. The van der Waals surface area contributed by atoms with E-state index in [1.165, 1.54) is 5.56 Å². The topological polar surface area (TPSA) is 36.6 Å². The zero-order chi connectivity index (χ0) is 14.9. The maximum absolute atomic E-state index is 10.8. The molecule has 1 aliphatic heterocycles. The number of benzene rings is 1. The molecule has 1 aliphatic rings. The summed E-state index contributed by atoms with van der Waals surface area (Å²) in [5.74, 6) is 2.03. The van der Waals surface area contributed by atoms with Gasteiger partial charge in [0.25, 0.3) is 0 Å². The van der Waals surface area contributed by atoms with Gasteiger partial charge < -0.3 is 9.52 Å². The van der Waals surface area contributed by atoms with E-state index < -0.39 is 5.60 Å². The highest BCUT2D eigenvalue weighted by atomic mass is 16.3. The maximum atomic E-state index is 10.8. The van der Waals surface area contributed by atoms with Crippen LogP contribution in [-0.4, -0.2) is 23.1 Å². The summed E-state index contributed by atoms with van der Waals surface area (Å²) in [4.78, 5) is 2.36. The summed E-state index contributed by atoms with van der Waals surface area (Å²) in [5.41, 5.74) is 1.58. The number of piperidine rings is 1. The highest BCUT2D eigenvalue weighted by molar-refractivity contribution is 5.23. The zero-order valence-electron chi connectivity index (χ0n) is 12.8. The molecular formula is C18H23NO2. The molecule has 0 radical (unpaired) electrons. The molecule has 0 unspecified atom stereocenters. The second-order valence-electron chi connectivity index (χ2n) is 6.14. The van der Waals surface area contributed by atoms with Crippen molar-refractivity contribution >= 4 is 0 Å². The van der Waals surface area contributed by atoms with Crippen LogP contribution in [0.2, 0.25) is 0 Å². The Morgan fingerprint density at radius 3 is 2.38 bits per heavy atom. The summed E-state index contributed by atoms with van der Waals surface area (Å²) >= 11 is 0. The van der Waals surface area contributed by atoms with Crippen LogP contribution in [0.15, 0.2) is 40.8 Å². The van der Waals surface area contributed by atoms with Crippen LogP contribution in [0.1, 0.15) is 35.5 Å². The van der Waals surface area contributed by atoms with Crippen molar-refractivity contribution in [3.63, 3.8) is 0 Å². The SMILES string of the molecule is Cc1cc(C)c(CN2CCC(O)(c3ccccc3)CC2)o1. The van der Waals surface area contributed by atoms with E-state index in [4.69, 9.17) is 4.42 Å². The predicted molar refractivity (Wildman–Crippen MR) is 83.0 cm³/mol. The van der Waals surface area contributed by atoms with E-state index in [0.29, 0.717) is 0 Å². The molecular weight excluding hydrogens is 262 g/mol. The van der Waals surface area contributed by atoms with E-state index in [0.717, 1.165) is 49.6 Å². The highest BCUT2D eigenvalue weighted by Gasteiger charge is 2.34. The van der Waals surface area contributed by atoms with Crippen LogP contribution in [0.25, 0.3) is 0 Å². The Hall–Kier alpha value is -1.58. The minimum Gasteiger partial charge on any atom is -0.465 e. The van der Waals surface area contributed by atoms with Crippen LogP contribution in [0, 0.1) is 13.8 Å². The quantitative estimate of drug-likeness (QED) is 0.939. The van der Waals surface area contributed by atoms with E-state index in [1.54, 1.807) is 0 Å². The van der Waals surface area contributed by atoms with E-state index >= 15 is 0 Å². The first-order valence-electron chi connectivity index (χ1n) is 7.63. The van der Waals surface area contributed by atoms with Gasteiger partial charge in [-0.2, -0.15) is 0 Å². The molecule has 1 fully saturated rings. The molecule has 0 saturated carbocycles. The van der Waals surface area contributed by atoms with Crippen molar-refractivity contribution in [3.8, 4) is 0 Å². The summed E-state index contributed by atoms with van der Waals surface area (Å²) in [6.45, 7) is 6.71. The minimum absolute atomic E-state index is 0.675. The van der Waals surface area contributed by atoms with Gasteiger partial charge in [0, 0.05) is 13.1 Å². The number of nitrogens with zero attached hydrogens (tertiary/aromatic N) is 1. The van der Waals surface area contributed by atoms with E-state index in [2.05, 4.69) is 17.9 Å². The Morgan fingerprint density at radius 2 is 1.81 bits per heavy atom. The molecule has 2 heterocycles. The lowest BCUT2D eigenvalue weighted by Gasteiger charge is -2.38. The smallest absolute Gasteiger partial charge is 0.121 e. The van der Waals surface area contributed by atoms with Crippen molar-refractivity contribution in [2.75, 3.05) is 13.1 Å². The fourth-order valence-electron chi connectivity index (χ4n) is 3.17. The van der Waals surface area contributed by atoms with Crippen LogP contribution in [0.4, 0.5) is 0 Å². The summed E-state index contributed by atoms with van der Waals surface area (Å²) in [6.07, 6.45) is 1.55. The van der Waals surface area contributed by atoms with Crippen molar-refractivity contribution in [2.45, 2.75) is 38.8 Å². The Balaban J connectivity index is 1.64. The largest absolute Gasteiger partial charge is 0.465 e. The van der Waals surface area contributed by atoms with Crippen molar-refractivity contribution in [1.82, 2.24) is 4.90 Å². The standard InChI is InChI=1S/C18H23NO2/c1-14-12-15(2)21-17(14)13-19-10-8-18(20,9-11-19)16-6-4-3-5-7-16/h3-7,12,20H,8-11,13H2,1-2H3. The second-order valence-corrected chi connectivity index (χ2v) is 6.14. The van der Waals surface area contributed by atoms with Gasteiger partial charge in [0.05, 0.1) is 12.1 Å². The third-order valence-corrected chi connectivity index (χ3v) is 4.51. The first-order valence-corrected chi connectivity index (χ1v) is 7.63. The van der Waals surface area contributed by atoms with Gasteiger partial charge in [-0.3, -0.25) is 4.90 Å². The second kappa shape index (κ2) is 5.66. The van der Waals surface area contributed by atoms with Gasteiger partial charge in [0.15, 0.2) is 0 Å². The third-order valence-electron chi connectivity index (χ3n) is 4.51. The molecule has 0 spiro atoms. The summed E-state index contributed by atoms with van der Waals surface area (Å²) < 4.78 is 5.75. The predicted octanol–water partition coefficient (Wildman–Crippen LogP) is 3.38. The number of furan rings is 1. The number of likely N-dealkylation sites (tertiary alicyclic amines) is 1. The number of hydrogen-bond acceptors (Lipinski definition) is 3. The normalized spacial score (nSPS) is 18.8. The van der Waals surface area contributed by atoms with Gasteiger partial charge in [-0.15, -0.1) is 0 Å². The molecule has 0 atom stereocenters. The zero-order valence-corrected chi connectivity index (χ0v) is 12.8.